The van der Waals surface area contributed by atoms with Crippen LogP contribution < -0.4 is 10.0 Å². The molecule has 0 saturated carbocycles. The monoisotopic (exact) mass is 401 g/mol. The molecule has 0 radical (unpaired) electrons. The zero-order valence-electron chi connectivity index (χ0n) is 15.4. The van der Waals surface area contributed by atoms with Gasteiger partial charge in [0, 0.05) is 19.7 Å². The number of rotatable bonds is 6. The molecule has 1 heterocycles. The van der Waals surface area contributed by atoms with Gasteiger partial charge in [-0.05, 0) is 26.2 Å². The first kappa shape index (κ1) is 21.0. The second-order valence-corrected chi connectivity index (χ2v) is 8.03. The number of primary sulfonamides is 1. The summed E-state index contributed by atoms with van der Waals surface area (Å²) < 4.78 is 28.6. The molecule has 27 heavy (non-hydrogen) atoms. The third-order valence-electron chi connectivity index (χ3n) is 4.14. The maximum Gasteiger partial charge on any atom is 0.293 e. The van der Waals surface area contributed by atoms with Gasteiger partial charge >= 0.3 is 0 Å². The summed E-state index contributed by atoms with van der Waals surface area (Å²) in [7, 11) is 1.10. The van der Waals surface area contributed by atoms with E-state index in [2.05, 4.69) is 0 Å². The van der Waals surface area contributed by atoms with Crippen LogP contribution in [0.2, 0.25) is 0 Å². The largest absolute Gasteiger partial charge is 0.355 e. The summed E-state index contributed by atoms with van der Waals surface area (Å²) in [6, 6.07) is 3.42. The topological polar surface area (TPSA) is 139 Å². The van der Waals surface area contributed by atoms with Crippen molar-refractivity contribution in [2.24, 2.45) is 5.14 Å². The number of benzene rings is 1. The number of sulfonamides is 1. The zero-order chi connectivity index (χ0) is 20.4. The number of hydrogen-bond acceptors (Lipinski definition) is 8. The third-order valence-corrected chi connectivity index (χ3v) is 5.05. The molecule has 0 aliphatic carbocycles. The van der Waals surface area contributed by atoms with E-state index in [-0.39, 0.29) is 36.2 Å². The molecule has 0 spiro atoms. The van der Waals surface area contributed by atoms with Gasteiger partial charge in [-0.2, -0.15) is 0 Å². The van der Waals surface area contributed by atoms with Gasteiger partial charge in [0.15, 0.2) is 0 Å². The smallest absolute Gasteiger partial charge is 0.293 e. The van der Waals surface area contributed by atoms with Crippen LogP contribution in [0, 0.1) is 10.1 Å². The van der Waals surface area contributed by atoms with Crippen LogP contribution in [-0.2, 0) is 19.6 Å². The molecule has 1 aromatic rings. The molecule has 0 aromatic heterocycles. The number of hydrogen-bond donors (Lipinski definition) is 1. The number of carbonyl (C=O) groups is 1. The SMILES string of the molecule is CN(C)CC(=O)N1CCO[C@@H](N(C)c2ccc(S(N)(=O)=O)cc2[N+](=O)[O-])C1. The van der Waals surface area contributed by atoms with Gasteiger partial charge in [-0.25, -0.2) is 13.6 Å². The van der Waals surface area contributed by atoms with Crippen molar-refractivity contribution >= 4 is 27.3 Å². The van der Waals surface area contributed by atoms with E-state index < -0.39 is 26.9 Å². The fourth-order valence-corrected chi connectivity index (χ4v) is 3.28. The molecule has 12 heteroatoms. The Kier molecular flexibility index (Phi) is 6.36. The Bertz CT molecular complexity index is 828. The number of likely N-dealkylation sites (N-methyl/N-ethyl adjacent to an activating group) is 2. The number of nitrogens with zero attached hydrogens (tertiary/aromatic N) is 4. The minimum atomic E-state index is -4.07. The standard InChI is InChI=1S/C15H23N5O6S/c1-17(2)9-14(21)19-6-7-26-15(10-19)18(3)12-5-4-11(27(16,24)25)8-13(12)20(22)23/h4-5,8,15H,6-7,9-10H2,1-3H3,(H2,16,24,25)/t15-/m1/s1. The molecular weight excluding hydrogens is 378 g/mol. The first-order chi connectivity index (χ1) is 12.5. The van der Waals surface area contributed by atoms with Gasteiger partial charge in [0.2, 0.25) is 15.9 Å². The van der Waals surface area contributed by atoms with Crippen molar-refractivity contribution < 1.29 is 22.9 Å². The summed E-state index contributed by atoms with van der Waals surface area (Å²) in [5.41, 5.74) is -0.247. The lowest BCUT2D eigenvalue weighted by atomic mass is 10.2. The number of carbonyl (C=O) groups excluding carboxylic acids is 1. The Hall–Kier alpha value is -2.28. The predicted octanol–water partition coefficient (Wildman–Crippen LogP) is -0.575. The Labute approximate surface area is 157 Å². The van der Waals surface area contributed by atoms with Crippen molar-refractivity contribution in [3.8, 4) is 0 Å². The molecule has 0 unspecified atom stereocenters. The second-order valence-electron chi connectivity index (χ2n) is 6.47. The summed E-state index contributed by atoms with van der Waals surface area (Å²) in [4.78, 5) is 27.6. The summed E-state index contributed by atoms with van der Waals surface area (Å²) >= 11 is 0. The average Bonchev–Trinajstić information content (AvgIpc) is 2.59. The number of anilines is 1. The second kappa shape index (κ2) is 8.17. The highest BCUT2D eigenvalue weighted by Gasteiger charge is 2.30. The zero-order valence-corrected chi connectivity index (χ0v) is 16.2. The summed E-state index contributed by atoms with van der Waals surface area (Å²) in [5, 5.41) is 16.5. The van der Waals surface area contributed by atoms with Crippen LogP contribution in [0.5, 0.6) is 0 Å². The fourth-order valence-electron chi connectivity index (χ4n) is 2.74. The van der Waals surface area contributed by atoms with E-state index in [0.717, 1.165) is 6.07 Å². The van der Waals surface area contributed by atoms with Gasteiger partial charge in [-0.15, -0.1) is 0 Å². The maximum absolute atomic E-state index is 12.3. The molecule has 1 fully saturated rings. The molecule has 1 amide bonds. The van der Waals surface area contributed by atoms with Crippen LogP contribution >= 0.6 is 0 Å². The van der Waals surface area contributed by atoms with Crippen LogP contribution in [0.15, 0.2) is 23.1 Å². The van der Waals surface area contributed by atoms with Crippen LogP contribution in [-0.4, -0.2) is 82.7 Å². The number of nitro groups is 1. The molecule has 2 rings (SSSR count). The van der Waals surface area contributed by atoms with E-state index >= 15 is 0 Å². The fraction of sp³-hybridized carbons (Fsp3) is 0.533. The molecule has 1 saturated heterocycles. The molecule has 1 aliphatic heterocycles. The maximum atomic E-state index is 12.3. The molecule has 1 aromatic carbocycles. The van der Waals surface area contributed by atoms with E-state index in [4.69, 9.17) is 9.88 Å². The van der Waals surface area contributed by atoms with Crippen molar-refractivity contribution in [1.82, 2.24) is 9.80 Å². The summed E-state index contributed by atoms with van der Waals surface area (Å²) in [6.45, 7) is 1.21. The number of amides is 1. The highest BCUT2D eigenvalue weighted by molar-refractivity contribution is 7.89. The van der Waals surface area contributed by atoms with E-state index in [9.17, 15) is 23.3 Å². The van der Waals surface area contributed by atoms with E-state index in [1.165, 1.54) is 17.0 Å². The van der Waals surface area contributed by atoms with Gasteiger partial charge < -0.3 is 19.4 Å². The van der Waals surface area contributed by atoms with Crippen molar-refractivity contribution in [1.29, 1.82) is 0 Å². The lowest BCUT2D eigenvalue weighted by molar-refractivity contribution is -0.384. The number of morpholine rings is 1. The van der Waals surface area contributed by atoms with Crippen LogP contribution in [0.3, 0.4) is 0 Å². The van der Waals surface area contributed by atoms with E-state index in [0.29, 0.717) is 6.54 Å². The van der Waals surface area contributed by atoms with Crippen LogP contribution in [0.25, 0.3) is 0 Å². The lowest BCUT2D eigenvalue weighted by Gasteiger charge is -2.38. The minimum absolute atomic E-state index is 0.0687. The van der Waals surface area contributed by atoms with Gasteiger partial charge in [0.25, 0.3) is 5.69 Å². The quantitative estimate of drug-likeness (QED) is 0.493. The molecule has 1 atom stereocenters. The van der Waals surface area contributed by atoms with Gasteiger partial charge in [-0.3, -0.25) is 14.9 Å². The highest BCUT2D eigenvalue weighted by Crippen LogP contribution is 2.31. The van der Waals surface area contributed by atoms with Crippen LogP contribution in [0.4, 0.5) is 11.4 Å². The molecular formula is C15H23N5O6S. The van der Waals surface area contributed by atoms with Gasteiger partial charge in [0.1, 0.15) is 11.9 Å². The Morgan fingerprint density at radius 1 is 1.41 bits per heavy atom. The van der Waals surface area contributed by atoms with Gasteiger partial charge in [0.05, 0.1) is 29.5 Å². The van der Waals surface area contributed by atoms with Crippen molar-refractivity contribution in [3.05, 3.63) is 28.3 Å². The molecule has 2 N–H and O–H groups in total. The van der Waals surface area contributed by atoms with Crippen molar-refractivity contribution in [3.63, 3.8) is 0 Å². The molecule has 150 valence electrons. The number of nitrogens with two attached hydrogens (primary N) is 1. The normalized spacial score (nSPS) is 17.8. The Morgan fingerprint density at radius 3 is 2.63 bits per heavy atom. The number of ether oxygens (including phenoxy) is 1. The summed E-state index contributed by atoms with van der Waals surface area (Å²) in [6.07, 6.45) is -0.608. The van der Waals surface area contributed by atoms with E-state index in [1.54, 1.807) is 30.9 Å². The Morgan fingerprint density at radius 2 is 2.07 bits per heavy atom. The van der Waals surface area contributed by atoms with E-state index in [1.807, 2.05) is 0 Å². The molecule has 1 aliphatic rings. The van der Waals surface area contributed by atoms with Crippen molar-refractivity contribution in [2.75, 3.05) is 52.3 Å². The molecule has 0 bridgehead atoms. The Balaban J connectivity index is 2.27. The van der Waals surface area contributed by atoms with Crippen LogP contribution in [0.1, 0.15) is 0 Å². The first-order valence-corrected chi connectivity index (χ1v) is 9.63. The highest BCUT2D eigenvalue weighted by atomic mass is 32.2. The van der Waals surface area contributed by atoms with Gasteiger partial charge in [-0.1, -0.05) is 0 Å². The summed E-state index contributed by atoms with van der Waals surface area (Å²) in [5.74, 6) is -0.0687. The lowest BCUT2D eigenvalue weighted by Crippen LogP contribution is -2.53. The minimum Gasteiger partial charge on any atom is -0.355 e. The van der Waals surface area contributed by atoms with Crippen molar-refractivity contribution in [2.45, 2.75) is 11.1 Å². The first-order valence-electron chi connectivity index (χ1n) is 8.09. The average molecular weight is 401 g/mol. The number of nitro benzene ring substituents is 1. The molecule has 11 nitrogen and oxygen atoms in total. The predicted molar refractivity (Wildman–Crippen MR) is 97.7 cm³/mol. The third kappa shape index (κ3) is 5.13.